The van der Waals surface area contributed by atoms with Crippen LogP contribution in [0.5, 0.6) is 0 Å². The van der Waals surface area contributed by atoms with Crippen molar-refractivity contribution in [2.24, 2.45) is 0 Å². The Bertz CT molecular complexity index is 325. The first-order chi connectivity index (χ1) is 7.74. The monoisotopic (exact) mass is 281 g/mol. The lowest BCUT2D eigenvalue weighted by molar-refractivity contribution is 0.342. The van der Waals surface area contributed by atoms with Gasteiger partial charge in [-0.15, -0.1) is 0 Å². The maximum absolute atomic E-state index is 3.72. The topological polar surface area (TPSA) is 12.0 Å². The van der Waals surface area contributed by atoms with E-state index < -0.39 is 0 Å². The van der Waals surface area contributed by atoms with E-state index in [1.54, 1.807) is 0 Å². The molecule has 0 spiro atoms. The van der Waals surface area contributed by atoms with Gasteiger partial charge < -0.3 is 5.32 Å². The van der Waals surface area contributed by atoms with Gasteiger partial charge in [-0.3, -0.25) is 0 Å². The summed E-state index contributed by atoms with van der Waals surface area (Å²) in [6.45, 7) is 3.47. The first kappa shape index (κ1) is 12.1. The Hall–Kier alpha value is -0.340. The second kappa shape index (κ2) is 5.33. The molecule has 2 rings (SSSR count). The predicted octanol–water partition coefficient (Wildman–Crippen LogP) is 3.91. The van der Waals surface area contributed by atoms with E-state index in [0.29, 0.717) is 5.54 Å². The highest BCUT2D eigenvalue weighted by Gasteiger charge is 2.32. The van der Waals surface area contributed by atoms with E-state index >= 15 is 0 Å². The molecule has 1 aromatic carbocycles. The Kier molecular flexibility index (Phi) is 4.04. The zero-order valence-corrected chi connectivity index (χ0v) is 11.5. The third kappa shape index (κ3) is 2.86. The molecule has 0 amide bonds. The summed E-state index contributed by atoms with van der Waals surface area (Å²) >= 11 is 3.49. The van der Waals surface area contributed by atoms with Crippen LogP contribution in [0.3, 0.4) is 0 Å². The van der Waals surface area contributed by atoms with Gasteiger partial charge in [0.05, 0.1) is 0 Å². The molecule has 0 saturated carbocycles. The minimum atomic E-state index is 0.378. The molecule has 1 fully saturated rings. The number of hydrogen-bond acceptors (Lipinski definition) is 1. The predicted molar refractivity (Wildman–Crippen MR) is 72.7 cm³/mol. The molecule has 0 aromatic heterocycles. The lowest BCUT2D eigenvalue weighted by Gasteiger charge is -2.29. The molecule has 16 heavy (non-hydrogen) atoms. The highest BCUT2D eigenvalue weighted by Crippen LogP contribution is 2.29. The molecule has 1 nitrogen and oxygen atoms in total. The molecule has 1 aliphatic rings. The molecule has 0 bridgehead atoms. The Morgan fingerprint density at radius 2 is 2.06 bits per heavy atom. The number of benzene rings is 1. The van der Waals surface area contributed by atoms with E-state index in [0.717, 1.165) is 0 Å². The molecule has 88 valence electrons. The molecule has 2 heteroatoms. The van der Waals surface area contributed by atoms with Gasteiger partial charge in [0.2, 0.25) is 0 Å². The van der Waals surface area contributed by atoms with Crippen LogP contribution in [0, 0.1) is 0 Å². The number of nitrogens with one attached hydrogen (secondary N) is 1. The zero-order chi connectivity index (χ0) is 11.4. The second-order valence-corrected chi connectivity index (χ2v) is 5.78. The highest BCUT2D eigenvalue weighted by molar-refractivity contribution is 9.10. The molecule has 1 saturated heterocycles. The van der Waals surface area contributed by atoms with Gasteiger partial charge in [0.1, 0.15) is 0 Å². The maximum Gasteiger partial charge on any atom is 0.0222 e. The molecule has 0 aliphatic carbocycles. The van der Waals surface area contributed by atoms with Crippen LogP contribution in [-0.4, -0.2) is 12.1 Å². The fourth-order valence-electron chi connectivity index (χ4n) is 2.79. The normalized spacial score (nSPS) is 24.9. The molecule has 1 unspecified atom stereocenters. The van der Waals surface area contributed by atoms with Crippen molar-refractivity contribution >= 4 is 15.9 Å². The Labute approximate surface area is 107 Å². The van der Waals surface area contributed by atoms with Gasteiger partial charge in [-0.1, -0.05) is 41.4 Å². The average Bonchev–Trinajstić information content (AvgIpc) is 2.71. The first-order valence-corrected chi connectivity index (χ1v) is 7.03. The summed E-state index contributed by atoms with van der Waals surface area (Å²) in [6, 6.07) is 8.76. The Balaban J connectivity index is 2.08. The van der Waals surface area contributed by atoms with E-state index in [4.69, 9.17) is 0 Å². The van der Waals surface area contributed by atoms with Crippen LogP contribution < -0.4 is 5.32 Å². The van der Waals surface area contributed by atoms with Gasteiger partial charge >= 0.3 is 0 Å². The first-order valence-electron chi connectivity index (χ1n) is 6.24. The molecule has 1 N–H and O–H groups in total. The highest BCUT2D eigenvalue weighted by atomic mass is 79.9. The minimum absolute atomic E-state index is 0.378. The smallest absolute Gasteiger partial charge is 0.0222 e. The van der Waals surface area contributed by atoms with Gasteiger partial charge in [0.15, 0.2) is 0 Å². The van der Waals surface area contributed by atoms with E-state index in [9.17, 15) is 0 Å². The van der Waals surface area contributed by atoms with Gasteiger partial charge in [0.25, 0.3) is 0 Å². The summed E-state index contributed by atoms with van der Waals surface area (Å²) < 4.78 is 1.17. The number of hydrogen-bond donors (Lipinski definition) is 1. The van der Waals surface area contributed by atoms with Gasteiger partial charge in [-0.2, -0.15) is 0 Å². The third-order valence-electron chi connectivity index (χ3n) is 3.52. The molecule has 1 atom stereocenters. The molecular weight excluding hydrogens is 262 g/mol. The summed E-state index contributed by atoms with van der Waals surface area (Å²) in [5, 5.41) is 3.72. The Morgan fingerprint density at radius 1 is 1.31 bits per heavy atom. The van der Waals surface area contributed by atoms with Crippen molar-refractivity contribution in [1.29, 1.82) is 0 Å². The molecule has 1 aliphatic heterocycles. The molecule has 1 aromatic rings. The third-order valence-corrected chi connectivity index (χ3v) is 4.05. The van der Waals surface area contributed by atoms with Gasteiger partial charge in [-0.05, 0) is 49.9 Å². The van der Waals surface area contributed by atoms with Crippen molar-refractivity contribution in [2.45, 2.75) is 44.6 Å². The van der Waals surface area contributed by atoms with E-state index in [2.05, 4.69) is 52.4 Å². The van der Waals surface area contributed by atoms with E-state index in [1.165, 1.54) is 48.7 Å². The van der Waals surface area contributed by atoms with Crippen molar-refractivity contribution in [3.8, 4) is 0 Å². The molecular formula is C14H20BrN. The zero-order valence-electron chi connectivity index (χ0n) is 9.93. The van der Waals surface area contributed by atoms with Gasteiger partial charge in [0, 0.05) is 10.0 Å². The van der Waals surface area contributed by atoms with Gasteiger partial charge in [-0.25, -0.2) is 0 Å². The SMILES string of the molecule is CCCC1(Cc2ccc(Br)cc2)CCCN1. The standard InChI is InChI=1S/C14H20BrN/c1-2-8-14(9-3-10-16-14)11-12-4-6-13(15)7-5-12/h4-7,16H,2-3,8-11H2,1H3. The van der Waals surface area contributed by atoms with E-state index in [-0.39, 0.29) is 0 Å². The van der Waals surface area contributed by atoms with Crippen LogP contribution in [0.15, 0.2) is 28.7 Å². The fourth-order valence-corrected chi connectivity index (χ4v) is 3.06. The van der Waals surface area contributed by atoms with E-state index in [1.807, 2.05) is 0 Å². The van der Waals surface area contributed by atoms with Crippen molar-refractivity contribution in [3.63, 3.8) is 0 Å². The molecule has 0 radical (unpaired) electrons. The van der Waals surface area contributed by atoms with Crippen LogP contribution in [0.4, 0.5) is 0 Å². The van der Waals surface area contributed by atoms with Crippen molar-refractivity contribution in [1.82, 2.24) is 5.32 Å². The lowest BCUT2D eigenvalue weighted by atomic mass is 9.85. The summed E-state index contributed by atoms with van der Waals surface area (Å²) in [6.07, 6.45) is 6.40. The number of halogens is 1. The Morgan fingerprint density at radius 3 is 2.62 bits per heavy atom. The molecule has 1 heterocycles. The van der Waals surface area contributed by atoms with Crippen LogP contribution in [0.25, 0.3) is 0 Å². The quantitative estimate of drug-likeness (QED) is 0.882. The summed E-state index contributed by atoms with van der Waals surface area (Å²) in [7, 11) is 0. The van der Waals surface area contributed by atoms with Crippen molar-refractivity contribution in [2.75, 3.05) is 6.54 Å². The summed E-state index contributed by atoms with van der Waals surface area (Å²) in [5.41, 5.74) is 1.83. The van der Waals surface area contributed by atoms with Crippen LogP contribution >= 0.6 is 15.9 Å². The van der Waals surface area contributed by atoms with Crippen molar-refractivity contribution in [3.05, 3.63) is 34.3 Å². The average molecular weight is 282 g/mol. The van der Waals surface area contributed by atoms with Crippen LogP contribution in [0.1, 0.15) is 38.2 Å². The van der Waals surface area contributed by atoms with Crippen molar-refractivity contribution < 1.29 is 0 Å². The minimum Gasteiger partial charge on any atom is -0.311 e. The largest absolute Gasteiger partial charge is 0.311 e. The fraction of sp³-hybridized carbons (Fsp3) is 0.571. The lowest BCUT2D eigenvalue weighted by Crippen LogP contribution is -2.41. The number of rotatable bonds is 4. The second-order valence-electron chi connectivity index (χ2n) is 4.86. The van der Waals surface area contributed by atoms with Crippen LogP contribution in [0.2, 0.25) is 0 Å². The van der Waals surface area contributed by atoms with Crippen LogP contribution in [-0.2, 0) is 6.42 Å². The summed E-state index contributed by atoms with van der Waals surface area (Å²) in [5.74, 6) is 0. The maximum atomic E-state index is 3.72. The summed E-state index contributed by atoms with van der Waals surface area (Å²) in [4.78, 5) is 0.